The average molecular weight is 413 g/mol. The summed E-state index contributed by atoms with van der Waals surface area (Å²) in [5.74, 6) is 6.63. The molecule has 29 heavy (non-hydrogen) atoms. The number of methoxy groups -OCH3 is 2. The number of aromatic nitrogens is 3. The zero-order valence-electron chi connectivity index (χ0n) is 15.8. The number of nitrogens with zero attached hydrogens (tertiary/aromatic N) is 3. The van der Waals surface area contributed by atoms with Crippen LogP contribution >= 0.6 is 11.8 Å². The van der Waals surface area contributed by atoms with Crippen LogP contribution in [0, 0.1) is 0 Å². The molecule has 0 radical (unpaired) electrons. The Labute approximate surface area is 171 Å². The van der Waals surface area contributed by atoms with E-state index in [0.29, 0.717) is 28.0 Å². The molecule has 1 heterocycles. The first-order valence-corrected chi connectivity index (χ1v) is 9.46. The van der Waals surface area contributed by atoms with Crippen molar-refractivity contribution >= 4 is 29.3 Å². The summed E-state index contributed by atoms with van der Waals surface area (Å²) in [6, 6.07) is 13.7. The Morgan fingerprint density at radius 2 is 1.90 bits per heavy atom. The molecule has 0 saturated heterocycles. The fourth-order valence-electron chi connectivity index (χ4n) is 2.47. The van der Waals surface area contributed by atoms with Gasteiger partial charge in [0.1, 0.15) is 5.75 Å². The molecule has 0 fully saturated rings. The quantitative estimate of drug-likeness (QED) is 0.343. The van der Waals surface area contributed by atoms with E-state index in [-0.39, 0.29) is 11.7 Å². The molecule has 3 N–H and O–H groups in total. The van der Waals surface area contributed by atoms with E-state index in [4.69, 9.17) is 10.6 Å². The van der Waals surface area contributed by atoms with Crippen LogP contribution in [0.1, 0.15) is 10.4 Å². The Kier molecular flexibility index (Phi) is 6.35. The number of benzene rings is 2. The highest BCUT2D eigenvalue weighted by molar-refractivity contribution is 7.99. The third-order valence-electron chi connectivity index (χ3n) is 3.91. The van der Waals surface area contributed by atoms with Gasteiger partial charge in [0.15, 0.2) is 5.82 Å². The number of ether oxygens (including phenoxy) is 2. The second kappa shape index (κ2) is 9.11. The van der Waals surface area contributed by atoms with Gasteiger partial charge in [-0.3, -0.25) is 4.79 Å². The van der Waals surface area contributed by atoms with Crippen molar-refractivity contribution in [2.24, 2.45) is 0 Å². The number of anilines is 1. The smallest absolute Gasteiger partial charge is 0.337 e. The number of nitrogens with one attached hydrogen (secondary N) is 1. The molecular formula is C19H19N5O4S. The van der Waals surface area contributed by atoms with Crippen molar-refractivity contribution in [1.82, 2.24) is 14.9 Å². The van der Waals surface area contributed by atoms with Gasteiger partial charge in [0.2, 0.25) is 11.1 Å². The van der Waals surface area contributed by atoms with Crippen LogP contribution in [0.4, 0.5) is 5.69 Å². The van der Waals surface area contributed by atoms with Gasteiger partial charge in [0.25, 0.3) is 0 Å². The number of carbonyl (C=O) groups is 2. The maximum atomic E-state index is 12.2. The average Bonchev–Trinajstić information content (AvgIpc) is 3.12. The Balaban J connectivity index is 1.60. The summed E-state index contributed by atoms with van der Waals surface area (Å²) in [6.07, 6.45) is 0. The Hall–Kier alpha value is -3.53. The van der Waals surface area contributed by atoms with Gasteiger partial charge in [-0.25, -0.2) is 9.47 Å². The number of amides is 1. The normalized spacial score (nSPS) is 10.4. The van der Waals surface area contributed by atoms with Crippen LogP contribution in [-0.4, -0.2) is 46.7 Å². The van der Waals surface area contributed by atoms with Gasteiger partial charge >= 0.3 is 5.97 Å². The molecule has 0 saturated carbocycles. The number of nitrogens with two attached hydrogens (primary N) is 1. The van der Waals surface area contributed by atoms with Crippen LogP contribution in [0.25, 0.3) is 11.4 Å². The van der Waals surface area contributed by atoms with Gasteiger partial charge in [-0.1, -0.05) is 23.9 Å². The molecule has 2 aromatic carbocycles. The van der Waals surface area contributed by atoms with Crippen molar-refractivity contribution in [3.63, 3.8) is 0 Å². The van der Waals surface area contributed by atoms with Crippen molar-refractivity contribution in [2.75, 3.05) is 31.1 Å². The van der Waals surface area contributed by atoms with E-state index in [0.717, 1.165) is 17.3 Å². The van der Waals surface area contributed by atoms with Crippen molar-refractivity contribution in [1.29, 1.82) is 0 Å². The highest BCUT2D eigenvalue weighted by Crippen LogP contribution is 2.24. The monoisotopic (exact) mass is 413 g/mol. The number of carbonyl (C=O) groups excluding carboxylic acids is 2. The van der Waals surface area contributed by atoms with E-state index < -0.39 is 5.97 Å². The lowest BCUT2D eigenvalue weighted by atomic mass is 10.2. The van der Waals surface area contributed by atoms with E-state index in [2.05, 4.69) is 20.3 Å². The number of rotatable bonds is 7. The van der Waals surface area contributed by atoms with Gasteiger partial charge in [-0.05, 0) is 36.4 Å². The minimum atomic E-state index is -0.437. The Morgan fingerprint density at radius 3 is 2.59 bits per heavy atom. The fraction of sp³-hybridized carbons (Fsp3) is 0.158. The highest BCUT2D eigenvalue weighted by Gasteiger charge is 2.14. The molecule has 3 aromatic rings. The van der Waals surface area contributed by atoms with Gasteiger partial charge in [0, 0.05) is 11.3 Å². The molecule has 0 aliphatic heterocycles. The molecule has 3 rings (SSSR count). The summed E-state index contributed by atoms with van der Waals surface area (Å²) >= 11 is 1.16. The molecule has 0 unspecified atom stereocenters. The van der Waals surface area contributed by atoms with Crippen molar-refractivity contribution in [3.05, 3.63) is 54.1 Å². The van der Waals surface area contributed by atoms with E-state index in [1.807, 2.05) is 18.2 Å². The summed E-state index contributed by atoms with van der Waals surface area (Å²) < 4.78 is 11.2. The van der Waals surface area contributed by atoms with Gasteiger partial charge in [0.05, 0.1) is 25.5 Å². The minimum absolute atomic E-state index is 0.0895. The lowest BCUT2D eigenvalue weighted by Gasteiger charge is -2.07. The molecule has 9 nitrogen and oxygen atoms in total. The minimum Gasteiger partial charge on any atom is -0.497 e. The molecule has 10 heteroatoms. The van der Waals surface area contributed by atoms with Gasteiger partial charge in [-0.2, -0.15) is 0 Å². The highest BCUT2D eigenvalue weighted by atomic mass is 32.2. The van der Waals surface area contributed by atoms with E-state index in [9.17, 15) is 9.59 Å². The molecule has 0 aliphatic carbocycles. The summed E-state index contributed by atoms with van der Waals surface area (Å²) in [5.41, 5.74) is 1.72. The van der Waals surface area contributed by atoms with Crippen molar-refractivity contribution in [2.45, 2.75) is 5.16 Å². The SMILES string of the molecule is COC(=O)c1ccc(NC(=O)CSc2nnc(-c3cccc(OC)c3)n2N)cc1. The van der Waals surface area contributed by atoms with Crippen LogP contribution in [-0.2, 0) is 9.53 Å². The summed E-state index contributed by atoms with van der Waals surface area (Å²) in [6.45, 7) is 0. The largest absolute Gasteiger partial charge is 0.497 e. The predicted molar refractivity (Wildman–Crippen MR) is 109 cm³/mol. The number of esters is 1. The number of hydrogen-bond donors (Lipinski definition) is 2. The Morgan fingerprint density at radius 1 is 1.14 bits per heavy atom. The number of thioether (sulfide) groups is 1. The third-order valence-corrected chi connectivity index (χ3v) is 4.86. The number of hydrogen-bond acceptors (Lipinski definition) is 8. The van der Waals surface area contributed by atoms with E-state index in [1.54, 1.807) is 37.4 Å². The van der Waals surface area contributed by atoms with Crippen LogP contribution in [0.15, 0.2) is 53.7 Å². The first-order valence-electron chi connectivity index (χ1n) is 8.47. The van der Waals surface area contributed by atoms with Crippen molar-refractivity contribution in [3.8, 4) is 17.1 Å². The van der Waals surface area contributed by atoms with Gasteiger partial charge < -0.3 is 20.6 Å². The molecule has 0 bridgehead atoms. The first kappa shape index (κ1) is 20.2. The molecule has 0 spiro atoms. The van der Waals surface area contributed by atoms with Crippen molar-refractivity contribution < 1.29 is 19.1 Å². The summed E-state index contributed by atoms with van der Waals surface area (Å²) in [7, 11) is 2.89. The van der Waals surface area contributed by atoms with Gasteiger partial charge in [-0.15, -0.1) is 10.2 Å². The maximum Gasteiger partial charge on any atom is 0.337 e. The topological polar surface area (TPSA) is 121 Å². The fourth-order valence-corrected chi connectivity index (χ4v) is 3.13. The standard InChI is InChI=1S/C19H19N5O4S/c1-27-15-5-3-4-13(10-15)17-22-23-19(24(17)20)29-11-16(25)21-14-8-6-12(7-9-14)18(26)28-2/h3-10H,11,20H2,1-2H3,(H,21,25). The molecule has 1 aromatic heterocycles. The number of nitrogen functional groups attached to an aromatic ring is 1. The lowest BCUT2D eigenvalue weighted by molar-refractivity contribution is -0.113. The summed E-state index contributed by atoms with van der Waals surface area (Å²) in [4.78, 5) is 23.6. The predicted octanol–water partition coefficient (Wildman–Crippen LogP) is 2.18. The second-order valence-electron chi connectivity index (χ2n) is 5.81. The maximum absolute atomic E-state index is 12.2. The Bertz CT molecular complexity index is 1020. The van der Waals surface area contributed by atoms with Crippen LogP contribution in [0.3, 0.4) is 0 Å². The summed E-state index contributed by atoms with van der Waals surface area (Å²) in [5, 5.41) is 11.3. The first-order chi connectivity index (χ1) is 14.0. The zero-order chi connectivity index (χ0) is 20.8. The van der Waals surface area contributed by atoms with Crippen LogP contribution < -0.4 is 15.9 Å². The third kappa shape index (κ3) is 4.85. The lowest BCUT2D eigenvalue weighted by Crippen LogP contribution is -2.16. The van der Waals surface area contributed by atoms with E-state index >= 15 is 0 Å². The second-order valence-corrected chi connectivity index (χ2v) is 6.76. The molecule has 150 valence electrons. The van der Waals surface area contributed by atoms with Crippen LogP contribution in [0.5, 0.6) is 5.75 Å². The van der Waals surface area contributed by atoms with E-state index in [1.165, 1.54) is 11.8 Å². The van der Waals surface area contributed by atoms with Crippen LogP contribution in [0.2, 0.25) is 0 Å². The molecule has 0 aliphatic rings. The zero-order valence-corrected chi connectivity index (χ0v) is 16.6. The molecular weight excluding hydrogens is 394 g/mol. The molecule has 1 amide bonds. The molecule has 0 atom stereocenters.